The standard InChI is InChI=1S/C22H27N3O2S/c1-3-27-21(26)19-7-6-8-20(16(19)2)24-22(28)23-15-17-9-11-18(12-10-17)25-13-4-5-14-25/h6-12H,3-5,13-15H2,1-2H3,(H2,23,24,28). The summed E-state index contributed by atoms with van der Waals surface area (Å²) in [6.45, 7) is 6.97. The summed E-state index contributed by atoms with van der Waals surface area (Å²) in [6, 6.07) is 14.1. The molecule has 0 amide bonds. The first-order valence-electron chi connectivity index (χ1n) is 9.74. The summed E-state index contributed by atoms with van der Waals surface area (Å²) in [5.74, 6) is -0.319. The molecule has 0 aromatic heterocycles. The fraction of sp³-hybridized carbons (Fsp3) is 0.364. The Morgan fingerprint density at radius 1 is 1.14 bits per heavy atom. The Kier molecular flexibility index (Phi) is 6.87. The van der Waals surface area contributed by atoms with E-state index in [2.05, 4.69) is 39.8 Å². The van der Waals surface area contributed by atoms with Crippen LogP contribution in [0.5, 0.6) is 0 Å². The Balaban J connectivity index is 1.56. The van der Waals surface area contributed by atoms with Crippen LogP contribution in [-0.4, -0.2) is 30.8 Å². The fourth-order valence-electron chi connectivity index (χ4n) is 3.35. The van der Waals surface area contributed by atoms with Gasteiger partial charge in [0.1, 0.15) is 0 Å². The molecule has 2 N–H and O–H groups in total. The molecule has 148 valence electrons. The molecule has 1 saturated heterocycles. The smallest absolute Gasteiger partial charge is 0.338 e. The summed E-state index contributed by atoms with van der Waals surface area (Å²) in [7, 11) is 0. The van der Waals surface area contributed by atoms with Crippen molar-refractivity contribution in [1.29, 1.82) is 0 Å². The lowest BCUT2D eigenvalue weighted by Gasteiger charge is -2.18. The van der Waals surface area contributed by atoms with Crippen molar-refractivity contribution >= 4 is 34.7 Å². The molecule has 0 unspecified atom stereocenters. The van der Waals surface area contributed by atoms with Crippen LogP contribution < -0.4 is 15.5 Å². The number of carbonyl (C=O) groups is 1. The van der Waals surface area contributed by atoms with Crippen LogP contribution in [0.15, 0.2) is 42.5 Å². The Bertz CT molecular complexity index is 830. The number of benzene rings is 2. The molecule has 3 rings (SSSR count). The van der Waals surface area contributed by atoms with Gasteiger partial charge in [-0.25, -0.2) is 4.79 Å². The SMILES string of the molecule is CCOC(=O)c1cccc(NC(=S)NCc2ccc(N3CCCC3)cc2)c1C. The molecule has 0 saturated carbocycles. The van der Waals surface area contributed by atoms with E-state index in [4.69, 9.17) is 17.0 Å². The number of hydrogen-bond donors (Lipinski definition) is 2. The van der Waals surface area contributed by atoms with Crippen LogP contribution in [0.1, 0.15) is 41.3 Å². The average Bonchev–Trinajstić information content (AvgIpc) is 3.23. The van der Waals surface area contributed by atoms with Gasteiger partial charge in [-0.3, -0.25) is 0 Å². The average molecular weight is 398 g/mol. The molecule has 1 heterocycles. The number of nitrogens with one attached hydrogen (secondary N) is 2. The van der Waals surface area contributed by atoms with Gasteiger partial charge in [0.05, 0.1) is 12.2 Å². The highest BCUT2D eigenvalue weighted by molar-refractivity contribution is 7.80. The van der Waals surface area contributed by atoms with E-state index in [1.54, 1.807) is 13.0 Å². The van der Waals surface area contributed by atoms with E-state index in [0.717, 1.165) is 24.3 Å². The van der Waals surface area contributed by atoms with Crippen molar-refractivity contribution in [3.8, 4) is 0 Å². The van der Waals surface area contributed by atoms with Crippen molar-refractivity contribution in [1.82, 2.24) is 5.32 Å². The minimum absolute atomic E-state index is 0.319. The molecule has 0 aliphatic carbocycles. The van der Waals surface area contributed by atoms with Gasteiger partial charge in [0, 0.05) is 31.0 Å². The molecule has 1 aliphatic rings. The lowest BCUT2D eigenvalue weighted by atomic mass is 10.1. The van der Waals surface area contributed by atoms with E-state index in [0.29, 0.717) is 23.8 Å². The Morgan fingerprint density at radius 2 is 1.86 bits per heavy atom. The van der Waals surface area contributed by atoms with Crippen molar-refractivity contribution in [2.75, 3.05) is 29.9 Å². The van der Waals surface area contributed by atoms with E-state index < -0.39 is 0 Å². The summed E-state index contributed by atoms with van der Waals surface area (Å²) >= 11 is 5.42. The summed E-state index contributed by atoms with van der Waals surface area (Å²) in [6.07, 6.45) is 2.56. The number of nitrogens with zero attached hydrogens (tertiary/aromatic N) is 1. The molecule has 0 bridgehead atoms. The highest BCUT2D eigenvalue weighted by atomic mass is 32.1. The van der Waals surface area contributed by atoms with E-state index in [1.807, 2.05) is 19.1 Å². The topological polar surface area (TPSA) is 53.6 Å². The zero-order valence-electron chi connectivity index (χ0n) is 16.5. The van der Waals surface area contributed by atoms with Crippen LogP contribution in [0.2, 0.25) is 0 Å². The van der Waals surface area contributed by atoms with E-state index in [9.17, 15) is 4.79 Å². The minimum Gasteiger partial charge on any atom is -0.462 e. The number of hydrogen-bond acceptors (Lipinski definition) is 4. The van der Waals surface area contributed by atoms with Gasteiger partial charge in [-0.1, -0.05) is 18.2 Å². The van der Waals surface area contributed by atoms with Gasteiger partial charge in [-0.15, -0.1) is 0 Å². The third kappa shape index (κ3) is 5.01. The normalized spacial score (nSPS) is 13.3. The lowest BCUT2D eigenvalue weighted by Crippen LogP contribution is -2.28. The molecule has 28 heavy (non-hydrogen) atoms. The zero-order valence-corrected chi connectivity index (χ0v) is 17.3. The van der Waals surface area contributed by atoms with Crippen LogP contribution in [0.3, 0.4) is 0 Å². The van der Waals surface area contributed by atoms with Crippen LogP contribution in [0.25, 0.3) is 0 Å². The molecule has 5 nitrogen and oxygen atoms in total. The maximum Gasteiger partial charge on any atom is 0.338 e. The Morgan fingerprint density at radius 3 is 2.54 bits per heavy atom. The van der Waals surface area contributed by atoms with E-state index in [-0.39, 0.29) is 5.97 Å². The first-order valence-corrected chi connectivity index (χ1v) is 10.1. The van der Waals surface area contributed by atoms with Gasteiger partial charge in [-0.05, 0) is 74.3 Å². The molecule has 1 fully saturated rings. The van der Waals surface area contributed by atoms with Gasteiger partial charge >= 0.3 is 5.97 Å². The molecule has 6 heteroatoms. The second-order valence-electron chi connectivity index (χ2n) is 6.87. The molecule has 0 radical (unpaired) electrons. The highest BCUT2D eigenvalue weighted by Gasteiger charge is 2.14. The Hall–Kier alpha value is -2.60. The van der Waals surface area contributed by atoms with Crippen molar-refractivity contribution < 1.29 is 9.53 Å². The second-order valence-corrected chi connectivity index (χ2v) is 7.28. The summed E-state index contributed by atoms with van der Waals surface area (Å²) in [5, 5.41) is 6.93. The van der Waals surface area contributed by atoms with Crippen LogP contribution in [0.4, 0.5) is 11.4 Å². The van der Waals surface area contributed by atoms with Gasteiger partial charge in [0.25, 0.3) is 0 Å². The van der Waals surface area contributed by atoms with Crippen molar-refractivity contribution in [3.63, 3.8) is 0 Å². The van der Waals surface area contributed by atoms with Crippen LogP contribution in [-0.2, 0) is 11.3 Å². The molecule has 0 atom stereocenters. The van der Waals surface area contributed by atoms with Crippen LogP contribution >= 0.6 is 12.2 Å². The van der Waals surface area contributed by atoms with Crippen molar-refractivity contribution in [2.45, 2.75) is 33.2 Å². The number of thiocarbonyl (C=S) groups is 1. The molecular weight excluding hydrogens is 370 g/mol. The molecule has 2 aromatic carbocycles. The number of rotatable bonds is 6. The first-order chi connectivity index (χ1) is 13.6. The summed E-state index contributed by atoms with van der Waals surface area (Å²) in [5.41, 5.74) is 4.62. The number of carbonyl (C=O) groups excluding carboxylic acids is 1. The van der Waals surface area contributed by atoms with Crippen LogP contribution in [0, 0.1) is 6.92 Å². The highest BCUT2D eigenvalue weighted by Crippen LogP contribution is 2.21. The maximum atomic E-state index is 12.0. The predicted octanol–water partition coefficient (Wildman–Crippen LogP) is 4.26. The Labute approximate surface area is 172 Å². The molecular formula is C22H27N3O2S. The zero-order chi connectivity index (χ0) is 19.9. The lowest BCUT2D eigenvalue weighted by molar-refractivity contribution is 0.0525. The molecule has 2 aromatic rings. The second kappa shape index (κ2) is 9.55. The van der Waals surface area contributed by atoms with E-state index >= 15 is 0 Å². The summed E-state index contributed by atoms with van der Waals surface area (Å²) < 4.78 is 5.10. The van der Waals surface area contributed by atoms with Crippen molar-refractivity contribution in [3.05, 3.63) is 59.2 Å². The monoisotopic (exact) mass is 397 g/mol. The van der Waals surface area contributed by atoms with Gasteiger partial charge in [0.15, 0.2) is 5.11 Å². The number of ether oxygens (including phenoxy) is 1. The number of anilines is 2. The summed E-state index contributed by atoms with van der Waals surface area (Å²) in [4.78, 5) is 14.5. The minimum atomic E-state index is -0.319. The third-order valence-electron chi connectivity index (χ3n) is 4.94. The maximum absolute atomic E-state index is 12.0. The third-order valence-corrected chi connectivity index (χ3v) is 5.18. The number of esters is 1. The van der Waals surface area contributed by atoms with E-state index in [1.165, 1.54) is 24.1 Å². The first kappa shape index (κ1) is 20.1. The fourth-order valence-corrected chi connectivity index (χ4v) is 3.53. The van der Waals surface area contributed by atoms with Crippen molar-refractivity contribution in [2.24, 2.45) is 0 Å². The largest absolute Gasteiger partial charge is 0.462 e. The van der Waals surface area contributed by atoms with Gasteiger partial charge in [0.2, 0.25) is 0 Å². The molecule has 1 aliphatic heterocycles. The molecule has 0 spiro atoms. The quantitative estimate of drug-likeness (QED) is 0.561. The van der Waals surface area contributed by atoms with Gasteiger partial charge < -0.3 is 20.3 Å². The predicted molar refractivity (Wildman–Crippen MR) is 118 cm³/mol. The van der Waals surface area contributed by atoms with Gasteiger partial charge in [-0.2, -0.15) is 0 Å².